The summed E-state index contributed by atoms with van der Waals surface area (Å²) in [4.78, 5) is 41.0. The second-order valence-electron chi connectivity index (χ2n) is 8.64. The van der Waals surface area contributed by atoms with E-state index >= 15 is 0 Å². The number of amides is 3. The molecule has 0 bridgehead atoms. The van der Waals surface area contributed by atoms with Gasteiger partial charge in [0.25, 0.3) is 5.91 Å². The summed E-state index contributed by atoms with van der Waals surface area (Å²) in [5.41, 5.74) is 4.69. The summed E-state index contributed by atoms with van der Waals surface area (Å²) in [6, 6.07) is 17.6. The lowest BCUT2D eigenvalue weighted by Gasteiger charge is -2.25. The van der Waals surface area contributed by atoms with Gasteiger partial charge >= 0.3 is 0 Å². The highest BCUT2D eigenvalue weighted by Crippen LogP contribution is 2.17. The number of carbonyl (C=O) groups is 3. The highest BCUT2D eigenvalue weighted by Gasteiger charge is 2.33. The molecule has 0 saturated carbocycles. The van der Waals surface area contributed by atoms with Gasteiger partial charge in [0.15, 0.2) is 0 Å². The molecule has 1 fully saturated rings. The third-order valence-corrected chi connectivity index (χ3v) is 6.10. The average molecular weight is 479 g/mol. The molecule has 184 valence electrons. The number of benzene rings is 2. The van der Waals surface area contributed by atoms with Crippen molar-refractivity contribution in [3.63, 3.8) is 0 Å². The van der Waals surface area contributed by atoms with Crippen LogP contribution in [0.1, 0.15) is 24.0 Å². The Morgan fingerprint density at radius 2 is 1.86 bits per heavy atom. The van der Waals surface area contributed by atoms with Crippen molar-refractivity contribution >= 4 is 23.4 Å². The first-order chi connectivity index (χ1) is 17.0. The molecule has 2 aliphatic rings. The molecular weight excluding hydrogens is 448 g/mol. The van der Waals surface area contributed by atoms with E-state index in [9.17, 15) is 14.4 Å². The SMILES string of the molecule is COc1cccc(CO[C@@H]2CN(CCc3ccccc3)C(=O)CN(C(=O)C3=NNC(=O)CC3)C2)c1. The predicted octanol–water partition coefficient (Wildman–Crippen LogP) is 1.76. The normalized spacial score (nSPS) is 18.5. The maximum atomic E-state index is 13.1. The Balaban J connectivity index is 1.48. The van der Waals surface area contributed by atoms with Crippen LogP contribution in [0.3, 0.4) is 0 Å². The van der Waals surface area contributed by atoms with Gasteiger partial charge in [-0.25, -0.2) is 5.43 Å². The molecule has 1 saturated heterocycles. The van der Waals surface area contributed by atoms with Crippen molar-refractivity contribution in [3.8, 4) is 5.75 Å². The zero-order valence-corrected chi connectivity index (χ0v) is 19.8. The second kappa shape index (κ2) is 11.6. The number of carbonyl (C=O) groups excluding carboxylic acids is 3. The number of hydrogen-bond acceptors (Lipinski definition) is 6. The lowest BCUT2D eigenvalue weighted by atomic mass is 10.1. The number of hydrogen-bond donors (Lipinski definition) is 1. The van der Waals surface area contributed by atoms with Crippen LogP contribution in [0.5, 0.6) is 5.75 Å². The first-order valence-electron chi connectivity index (χ1n) is 11.7. The van der Waals surface area contributed by atoms with Gasteiger partial charge in [-0.05, 0) is 29.7 Å². The van der Waals surface area contributed by atoms with E-state index in [1.54, 1.807) is 12.0 Å². The van der Waals surface area contributed by atoms with E-state index in [0.717, 1.165) is 16.9 Å². The van der Waals surface area contributed by atoms with Gasteiger partial charge in [-0.2, -0.15) is 5.10 Å². The van der Waals surface area contributed by atoms with Gasteiger partial charge < -0.3 is 19.3 Å². The van der Waals surface area contributed by atoms with Gasteiger partial charge in [-0.3, -0.25) is 14.4 Å². The highest BCUT2D eigenvalue weighted by atomic mass is 16.5. The fourth-order valence-corrected chi connectivity index (χ4v) is 4.15. The molecule has 3 amide bonds. The summed E-state index contributed by atoms with van der Waals surface area (Å²) in [6.45, 7) is 1.42. The van der Waals surface area contributed by atoms with Gasteiger partial charge in [0.2, 0.25) is 11.8 Å². The molecule has 2 aromatic carbocycles. The zero-order chi connectivity index (χ0) is 24.6. The van der Waals surface area contributed by atoms with Crippen LogP contribution in [-0.4, -0.2) is 72.6 Å². The molecule has 0 radical (unpaired) electrons. The van der Waals surface area contributed by atoms with Crippen LogP contribution >= 0.6 is 0 Å². The lowest BCUT2D eigenvalue weighted by molar-refractivity contribution is -0.135. The van der Waals surface area contributed by atoms with E-state index in [4.69, 9.17) is 9.47 Å². The largest absolute Gasteiger partial charge is 0.497 e. The van der Waals surface area contributed by atoms with Gasteiger partial charge in [0, 0.05) is 32.5 Å². The van der Waals surface area contributed by atoms with E-state index in [1.165, 1.54) is 4.90 Å². The third kappa shape index (κ3) is 6.66. The molecule has 4 rings (SSSR count). The molecule has 1 atom stereocenters. The topological polar surface area (TPSA) is 101 Å². The monoisotopic (exact) mass is 478 g/mol. The number of nitrogens with one attached hydrogen (secondary N) is 1. The van der Waals surface area contributed by atoms with Gasteiger partial charge in [-0.1, -0.05) is 42.5 Å². The van der Waals surface area contributed by atoms with Crippen molar-refractivity contribution in [2.24, 2.45) is 5.10 Å². The van der Waals surface area contributed by atoms with Crippen LogP contribution in [-0.2, 0) is 32.1 Å². The lowest BCUT2D eigenvalue weighted by Crippen LogP contribution is -2.45. The molecule has 0 aromatic heterocycles. The van der Waals surface area contributed by atoms with Crippen LogP contribution in [0.2, 0.25) is 0 Å². The van der Waals surface area contributed by atoms with Crippen LogP contribution in [0, 0.1) is 0 Å². The molecule has 0 spiro atoms. The molecular formula is C26H30N4O5. The van der Waals surface area contributed by atoms with Crippen molar-refractivity contribution in [3.05, 3.63) is 65.7 Å². The van der Waals surface area contributed by atoms with Crippen LogP contribution in [0.25, 0.3) is 0 Å². The Morgan fingerprint density at radius 3 is 2.60 bits per heavy atom. The average Bonchev–Trinajstić information content (AvgIpc) is 3.05. The molecule has 2 heterocycles. The van der Waals surface area contributed by atoms with Crippen LogP contribution in [0.15, 0.2) is 59.7 Å². The Bertz CT molecular complexity index is 1090. The van der Waals surface area contributed by atoms with Gasteiger partial charge in [0.05, 0.1) is 19.8 Å². The molecule has 0 aliphatic carbocycles. The third-order valence-electron chi connectivity index (χ3n) is 6.10. The molecule has 2 aliphatic heterocycles. The van der Waals surface area contributed by atoms with E-state index in [0.29, 0.717) is 26.1 Å². The van der Waals surface area contributed by atoms with E-state index in [2.05, 4.69) is 10.5 Å². The molecule has 35 heavy (non-hydrogen) atoms. The van der Waals surface area contributed by atoms with Crippen molar-refractivity contribution in [2.75, 3.05) is 33.3 Å². The smallest absolute Gasteiger partial charge is 0.270 e. The summed E-state index contributed by atoms with van der Waals surface area (Å²) in [6.07, 6.45) is 0.779. The molecule has 1 N–H and O–H groups in total. The minimum atomic E-state index is -0.383. The summed E-state index contributed by atoms with van der Waals surface area (Å²) in [5, 5.41) is 3.92. The minimum Gasteiger partial charge on any atom is -0.497 e. The molecule has 2 aromatic rings. The number of nitrogens with zero attached hydrogens (tertiary/aromatic N) is 3. The van der Waals surface area contributed by atoms with Crippen molar-refractivity contribution in [1.29, 1.82) is 0 Å². The van der Waals surface area contributed by atoms with Crippen molar-refractivity contribution in [1.82, 2.24) is 15.2 Å². The summed E-state index contributed by atoms with van der Waals surface area (Å²) in [5.74, 6) is 0.0290. The maximum absolute atomic E-state index is 13.1. The predicted molar refractivity (Wildman–Crippen MR) is 130 cm³/mol. The zero-order valence-electron chi connectivity index (χ0n) is 19.8. The van der Waals surface area contributed by atoms with Crippen molar-refractivity contribution in [2.45, 2.75) is 32.0 Å². The van der Waals surface area contributed by atoms with E-state index in [-0.39, 0.29) is 55.5 Å². The van der Waals surface area contributed by atoms with Gasteiger partial charge in [-0.15, -0.1) is 0 Å². The number of hydrazone groups is 1. The Kier molecular flexibility index (Phi) is 8.10. The maximum Gasteiger partial charge on any atom is 0.270 e. The standard InChI is InChI=1S/C26H30N4O5/c1-34-21-9-5-8-20(14-21)18-35-22-15-29(13-12-19-6-3-2-4-7-19)25(32)17-30(16-22)26(33)23-10-11-24(31)28-27-23/h2-9,14,22H,10-13,15-18H2,1H3,(H,28,31)/t22-/m1/s1. The number of ether oxygens (including phenoxy) is 2. The Morgan fingerprint density at radius 1 is 1.06 bits per heavy atom. The quantitative estimate of drug-likeness (QED) is 0.623. The number of methoxy groups -OCH3 is 1. The Labute approximate surface area is 204 Å². The summed E-state index contributed by atoms with van der Waals surface area (Å²) in [7, 11) is 1.61. The molecule has 0 unspecified atom stereocenters. The number of rotatable bonds is 8. The van der Waals surface area contributed by atoms with Crippen molar-refractivity contribution < 1.29 is 23.9 Å². The molecule has 9 nitrogen and oxygen atoms in total. The molecule has 9 heteroatoms. The fraction of sp³-hybridized carbons (Fsp3) is 0.385. The first-order valence-corrected chi connectivity index (χ1v) is 11.7. The summed E-state index contributed by atoms with van der Waals surface area (Å²) < 4.78 is 11.5. The fourth-order valence-electron chi connectivity index (χ4n) is 4.15. The van der Waals surface area contributed by atoms with Gasteiger partial charge in [0.1, 0.15) is 18.0 Å². The summed E-state index contributed by atoms with van der Waals surface area (Å²) >= 11 is 0. The highest BCUT2D eigenvalue weighted by molar-refractivity contribution is 6.39. The van der Waals surface area contributed by atoms with E-state index in [1.807, 2.05) is 54.6 Å². The minimum absolute atomic E-state index is 0.0559. The van der Waals surface area contributed by atoms with Crippen LogP contribution in [0.4, 0.5) is 0 Å². The first kappa shape index (κ1) is 24.4. The van der Waals surface area contributed by atoms with E-state index < -0.39 is 0 Å². The second-order valence-corrected chi connectivity index (χ2v) is 8.64. The Hall–Kier alpha value is -3.72. The van der Waals surface area contributed by atoms with Crippen LogP contribution < -0.4 is 10.2 Å².